The zero-order valence-electron chi connectivity index (χ0n) is 3.90. The molecule has 0 bridgehead atoms. The largest absolute Gasteiger partial charge is 0.300 e. The first-order chi connectivity index (χ1) is 2.77. The molecule has 0 saturated heterocycles. The molecular formula is C5H11AlO. The summed E-state index contributed by atoms with van der Waals surface area (Å²) in [4.78, 5) is 9.97. The monoisotopic (exact) mass is 114 g/mol. The highest BCUT2D eigenvalue weighted by Crippen LogP contribution is 1.77. The van der Waals surface area contributed by atoms with E-state index in [1.54, 1.807) is 13.0 Å². The summed E-state index contributed by atoms with van der Waals surface area (Å²) in [6, 6.07) is 0. The van der Waals surface area contributed by atoms with E-state index in [0.717, 1.165) is 0 Å². The Hall–Kier alpha value is -0.0575. The maximum atomic E-state index is 9.97. The van der Waals surface area contributed by atoms with Gasteiger partial charge in [-0.05, 0) is 6.92 Å². The molecule has 0 aromatic rings. The molecule has 0 fully saturated rings. The van der Waals surface area contributed by atoms with Crippen LogP contribution >= 0.6 is 0 Å². The standard InChI is InChI=1S/C5H8O.Al.3H/c1-3-4-5(2)6;;;;/h3H,1,4H2,2H3;;;;. The third-order valence-corrected chi connectivity index (χ3v) is 0.432. The lowest BCUT2D eigenvalue weighted by molar-refractivity contribution is -0.116. The number of hydrogen-bond acceptors (Lipinski definition) is 1. The molecular weight excluding hydrogens is 103 g/mol. The molecule has 0 aromatic heterocycles. The second-order valence-electron chi connectivity index (χ2n) is 1.19. The number of carbonyl (C=O) groups is 1. The maximum Gasteiger partial charge on any atom is 0.187 e. The van der Waals surface area contributed by atoms with Crippen LogP contribution in [0.3, 0.4) is 0 Å². The summed E-state index contributed by atoms with van der Waals surface area (Å²) in [6.45, 7) is 4.92. The van der Waals surface area contributed by atoms with Crippen molar-refractivity contribution >= 4 is 23.1 Å². The predicted molar refractivity (Wildman–Crippen MR) is 35.4 cm³/mol. The number of hydrogen-bond donors (Lipinski definition) is 0. The highest BCUT2D eigenvalue weighted by molar-refractivity contribution is 5.76. The lowest BCUT2D eigenvalue weighted by atomic mass is 10.3. The van der Waals surface area contributed by atoms with Crippen molar-refractivity contribution in [3.8, 4) is 0 Å². The zero-order chi connectivity index (χ0) is 4.99. The van der Waals surface area contributed by atoms with Gasteiger partial charge in [0, 0.05) is 6.42 Å². The van der Waals surface area contributed by atoms with Crippen molar-refractivity contribution in [1.29, 1.82) is 0 Å². The van der Waals surface area contributed by atoms with Crippen LogP contribution in [0, 0.1) is 0 Å². The molecule has 0 rings (SSSR count). The van der Waals surface area contributed by atoms with E-state index in [1.165, 1.54) is 0 Å². The smallest absolute Gasteiger partial charge is 0.187 e. The topological polar surface area (TPSA) is 17.1 Å². The third-order valence-electron chi connectivity index (χ3n) is 0.432. The summed E-state index contributed by atoms with van der Waals surface area (Å²) in [7, 11) is 0. The molecule has 2 heteroatoms. The van der Waals surface area contributed by atoms with Crippen LogP contribution < -0.4 is 0 Å². The van der Waals surface area contributed by atoms with Gasteiger partial charge in [0.15, 0.2) is 17.4 Å². The fraction of sp³-hybridized carbons (Fsp3) is 0.400. The van der Waals surface area contributed by atoms with Crippen molar-refractivity contribution in [3.05, 3.63) is 12.7 Å². The zero-order valence-corrected chi connectivity index (χ0v) is 3.90. The highest BCUT2D eigenvalue weighted by Gasteiger charge is 1.80. The first-order valence-electron chi connectivity index (χ1n) is 1.87. The average molecular weight is 114 g/mol. The molecule has 0 radical (unpaired) electrons. The molecule has 0 N–H and O–H groups in total. The minimum absolute atomic E-state index is 0. The van der Waals surface area contributed by atoms with Crippen LogP contribution in [0.2, 0.25) is 0 Å². The number of carbonyl (C=O) groups excluding carboxylic acids is 1. The van der Waals surface area contributed by atoms with E-state index in [1.807, 2.05) is 0 Å². The summed E-state index contributed by atoms with van der Waals surface area (Å²) < 4.78 is 0. The second-order valence-corrected chi connectivity index (χ2v) is 1.19. The van der Waals surface area contributed by atoms with Gasteiger partial charge in [-0.25, -0.2) is 0 Å². The van der Waals surface area contributed by atoms with Gasteiger partial charge in [0.2, 0.25) is 0 Å². The quantitative estimate of drug-likeness (QED) is 0.364. The number of allylic oxidation sites excluding steroid dienone is 1. The van der Waals surface area contributed by atoms with E-state index in [-0.39, 0.29) is 23.1 Å². The summed E-state index contributed by atoms with van der Waals surface area (Å²) in [5, 5.41) is 0. The molecule has 0 atom stereocenters. The Balaban J connectivity index is 0. The minimum Gasteiger partial charge on any atom is -0.300 e. The SMILES string of the molecule is C=CCC(C)=O.[AlH3]. The summed E-state index contributed by atoms with van der Waals surface area (Å²) >= 11 is 0. The fourth-order valence-corrected chi connectivity index (χ4v) is 0.203. The molecule has 0 aliphatic rings. The second kappa shape index (κ2) is 5.94. The van der Waals surface area contributed by atoms with Gasteiger partial charge in [-0.1, -0.05) is 6.08 Å². The van der Waals surface area contributed by atoms with Crippen LogP contribution in [0.1, 0.15) is 13.3 Å². The van der Waals surface area contributed by atoms with Gasteiger partial charge >= 0.3 is 0 Å². The Bertz CT molecular complexity index is 68.5. The first-order valence-corrected chi connectivity index (χ1v) is 1.87. The Morgan fingerprint density at radius 2 is 2.29 bits per heavy atom. The van der Waals surface area contributed by atoms with E-state index in [4.69, 9.17) is 0 Å². The number of ketones is 1. The number of rotatable bonds is 2. The molecule has 0 aromatic carbocycles. The minimum atomic E-state index is 0. The number of Topliss-reactive ketones (excluding diaryl/α,β-unsaturated/α-hetero) is 1. The van der Waals surface area contributed by atoms with Gasteiger partial charge in [-0.3, -0.25) is 4.79 Å². The molecule has 0 unspecified atom stereocenters. The van der Waals surface area contributed by atoms with Crippen molar-refractivity contribution in [2.24, 2.45) is 0 Å². The molecule has 0 aliphatic heterocycles. The predicted octanol–water partition coefficient (Wildman–Crippen LogP) is -0.0324. The Kier molecular flexibility index (Phi) is 8.52. The Labute approximate surface area is 54.5 Å². The summed E-state index contributed by atoms with van der Waals surface area (Å²) in [5.41, 5.74) is 0. The van der Waals surface area contributed by atoms with Crippen molar-refractivity contribution in [3.63, 3.8) is 0 Å². The Morgan fingerprint density at radius 3 is 2.29 bits per heavy atom. The van der Waals surface area contributed by atoms with E-state index >= 15 is 0 Å². The van der Waals surface area contributed by atoms with Crippen molar-refractivity contribution in [1.82, 2.24) is 0 Å². The van der Waals surface area contributed by atoms with Crippen molar-refractivity contribution in [2.45, 2.75) is 13.3 Å². The van der Waals surface area contributed by atoms with Gasteiger partial charge in [0.25, 0.3) is 0 Å². The van der Waals surface area contributed by atoms with E-state index in [2.05, 4.69) is 6.58 Å². The first kappa shape index (κ1) is 10.0. The molecule has 1 nitrogen and oxygen atoms in total. The lowest BCUT2D eigenvalue weighted by Gasteiger charge is -1.75. The van der Waals surface area contributed by atoms with E-state index in [0.29, 0.717) is 6.42 Å². The Morgan fingerprint density at radius 1 is 1.86 bits per heavy atom. The molecule has 0 saturated carbocycles. The maximum absolute atomic E-state index is 9.97. The average Bonchev–Trinajstić information content (AvgIpc) is 1.35. The molecule has 0 aliphatic carbocycles. The summed E-state index contributed by atoms with van der Waals surface area (Å²) in [5.74, 6) is 0.171. The third kappa shape index (κ3) is 10.7. The lowest BCUT2D eigenvalue weighted by Crippen LogP contribution is -1.81. The summed E-state index contributed by atoms with van der Waals surface area (Å²) in [6.07, 6.45) is 2.10. The molecule has 40 valence electrons. The van der Waals surface area contributed by atoms with Crippen LogP contribution in [0.5, 0.6) is 0 Å². The van der Waals surface area contributed by atoms with Gasteiger partial charge in [-0.2, -0.15) is 0 Å². The highest BCUT2D eigenvalue weighted by atomic mass is 27.0. The van der Waals surface area contributed by atoms with Gasteiger partial charge in [0.1, 0.15) is 5.78 Å². The van der Waals surface area contributed by atoms with Crippen LogP contribution in [0.4, 0.5) is 0 Å². The molecule has 7 heavy (non-hydrogen) atoms. The van der Waals surface area contributed by atoms with E-state index < -0.39 is 0 Å². The van der Waals surface area contributed by atoms with Crippen LogP contribution in [-0.4, -0.2) is 23.1 Å². The van der Waals surface area contributed by atoms with E-state index in [9.17, 15) is 4.79 Å². The van der Waals surface area contributed by atoms with Gasteiger partial charge < -0.3 is 0 Å². The fourth-order valence-electron chi connectivity index (χ4n) is 0.203. The molecule has 0 spiro atoms. The van der Waals surface area contributed by atoms with Gasteiger partial charge in [0.05, 0.1) is 0 Å². The van der Waals surface area contributed by atoms with Crippen LogP contribution in [0.15, 0.2) is 12.7 Å². The van der Waals surface area contributed by atoms with Crippen molar-refractivity contribution < 1.29 is 4.79 Å². The molecule has 0 amide bonds. The molecule has 0 heterocycles. The van der Waals surface area contributed by atoms with Crippen LogP contribution in [0.25, 0.3) is 0 Å². The van der Waals surface area contributed by atoms with Crippen LogP contribution in [-0.2, 0) is 4.79 Å². The normalized spacial score (nSPS) is 6.43. The van der Waals surface area contributed by atoms with Crippen molar-refractivity contribution in [2.75, 3.05) is 0 Å². The van der Waals surface area contributed by atoms with Gasteiger partial charge in [-0.15, -0.1) is 6.58 Å².